The minimum absolute atomic E-state index is 0.000368. The van der Waals surface area contributed by atoms with Crippen LogP contribution in [-0.2, 0) is 0 Å². The van der Waals surface area contributed by atoms with Crippen molar-refractivity contribution in [3.8, 4) is 5.88 Å². The van der Waals surface area contributed by atoms with Crippen molar-refractivity contribution in [2.75, 3.05) is 0 Å². The van der Waals surface area contributed by atoms with Crippen molar-refractivity contribution in [3.63, 3.8) is 0 Å². The molecule has 0 unspecified atom stereocenters. The number of thiocarbonyl (C=S) groups is 1. The van der Waals surface area contributed by atoms with E-state index in [1.165, 1.54) is 0 Å². The topological polar surface area (TPSA) is 72.8 Å². The van der Waals surface area contributed by atoms with E-state index < -0.39 is 0 Å². The number of H-pyrrole nitrogens is 1. The molecule has 2 rings (SSSR count). The predicted octanol–water partition coefficient (Wildman–Crippen LogP) is 3.55. The van der Waals surface area contributed by atoms with E-state index in [9.17, 15) is 5.11 Å². The third-order valence-electron chi connectivity index (χ3n) is 2.65. The molecule has 5 nitrogen and oxygen atoms in total. The number of fused-ring (bicyclic) bond motifs is 1. The number of aryl methyl sites for hydroxylation is 1. The van der Waals surface area contributed by atoms with Crippen LogP contribution in [0.25, 0.3) is 10.9 Å². The first-order valence-electron chi connectivity index (χ1n) is 6.01. The summed E-state index contributed by atoms with van der Waals surface area (Å²) in [6, 6.07) is 5.95. The van der Waals surface area contributed by atoms with Crippen molar-refractivity contribution in [1.29, 1.82) is 0 Å². The Hall–Kier alpha value is -1.95. The van der Waals surface area contributed by atoms with Crippen LogP contribution < -0.4 is 5.32 Å². The molecule has 0 aliphatic rings. The van der Waals surface area contributed by atoms with Crippen LogP contribution in [-0.4, -0.2) is 21.2 Å². The molecule has 1 aromatic heterocycles. The first-order valence-corrected chi connectivity index (χ1v) is 6.42. The van der Waals surface area contributed by atoms with E-state index in [1.54, 1.807) is 0 Å². The molecule has 0 fully saturated rings. The van der Waals surface area contributed by atoms with Gasteiger partial charge >= 0.3 is 0 Å². The summed E-state index contributed by atoms with van der Waals surface area (Å²) in [5, 5.41) is 21.9. The fraction of sp³-hybridized carbons (Fsp3) is 0.308. The number of aromatic amines is 1. The Morgan fingerprint density at radius 1 is 1.42 bits per heavy atom. The number of hydrogen-bond acceptors (Lipinski definition) is 3. The Morgan fingerprint density at radius 2 is 2.16 bits per heavy atom. The molecule has 0 aliphatic carbocycles. The molecule has 0 saturated carbocycles. The van der Waals surface area contributed by atoms with Gasteiger partial charge in [0.05, 0.1) is 5.52 Å². The normalized spacial score (nSPS) is 11.6. The number of aromatic nitrogens is 1. The van der Waals surface area contributed by atoms with Gasteiger partial charge in [0.2, 0.25) is 11.0 Å². The molecule has 3 N–H and O–H groups in total. The molecular formula is C13H16N4OS. The van der Waals surface area contributed by atoms with Crippen LogP contribution in [0, 0.1) is 6.92 Å². The van der Waals surface area contributed by atoms with Crippen molar-refractivity contribution >= 4 is 33.9 Å². The van der Waals surface area contributed by atoms with Crippen LogP contribution >= 0.6 is 12.2 Å². The second-order valence-electron chi connectivity index (χ2n) is 4.62. The summed E-state index contributed by atoms with van der Waals surface area (Å²) in [5.74, 6) is 0.000368. The average molecular weight is 276 g/mol. The lowest BCUT2D eigenvalue weighted by atomic mass is 10.1. The van der Waals surface area contributed by atoms with E-state index in [2.05, 4.69) is 20.5 Å². The lowest BCUT2D eigenvalue weighted by Crippen LogP contribution is -2.26. The third-order valence-corrected chi connectivity index (χ3v) is 2.85. The van der Waals surface area contributed by atoms with E-state index in [0.717, 1.165) is 16.5 Å². The minimum atomic E-state index is 0.000368. The Labute approximate surface area is 116 Å². The number of benzene rings is 1. The second-order valence-corrected chi connectivity index (χ2v) is 5.01. The van der Waals surface area contributed by atoms with Crippen LogP contribution in [0.15, 0.2) is 28.4 Å². The first kappa shape index (κ1) is 13.5. The Bertz CT molecular complexity index is 645. The molecule has 0 amide bonds. The van der Waals surface area contributed by atoms with Gasteiger partial charge in [0.1, 0.15) is 0 Å². The molecule has 2 aromatic rings. The summed E-state index contributed by atoms with van der Waals surface area (Å²) in [4.78, 5) is 2.90. The lowest BCUT2D eigenvalue weighted by Gasteiger charge is -2.05. The van der Waals surface area contributed by atoms with Crippen LogP contribution in [0.3, 0.4) is 0 Å². The van der Waals surface area contributed by atoms with Gasteiger partial charge in [0, 0.05) is 11.4 Å². The molecule has 0 atom stereocenters. The van der Waals surface area contributed by atoms with Crippen LogP contribution in [0.5, 0.6) is 5.88 Å². The van der Waals surface area contributed by atoms with E-state index in [0.29, 0.717) is 10.8 Å². The number of rotatable bonds is 2. The van der Waals surface area contributed by atoms with Crippen molar-refractivity contribution in [1.82, 2.24) is 10.3 Å². The number of azo groups is 1. The zero-order chi connectivity index (χ0) is 14.0. The molecule has 100 valence electrons. The van der Waals surface area contributed by atoms with Crippen molar-refractivity contribution in [3.05, 3.63) is 23.8 Å². The molecule has 1 aromatic carbocycles. The highest BCUT2D eigenvalue weighted by Gasteiger charge is 2.11. The van der Waals surface area contributed by atoms with Crippen molar-refractivity contribution < 1.29 is 5.11 Å². The number of nitrogens with zero attached hydrogens (tertiary/aromatic N) is 2. The van der Waals surface area contributed by atoms with Gasteiger partial charge in [-0.2, -0.15) is 0 Å². The smallest absolute Gasteiger partial charge is 0.218 e. The highest BCUT2D eigenvalue weighted by atomic mass is 32.1. The summed E-state index contributed by atoms with van der Waals surface area (Å²) in [6.07, 6.45) is 0. The van der Waals surface area contributed by atoms with Gasteiger partial charge in [-0.3, -0.25) is 0 Å². The fourth-order valence-corrected chi connectivity index (χ4v) is 2.09. The summed E-state index contributed by atoms with van der Waals surface area (Å²) in [6.45, 7) is 5.90. The number of hydrogen-bond donors (Lipinski definition) is 3. The molecule has 0 aliphatic heterocycles. The first-order chi connectivity index (χ1) is 8.99. The predicted molar refractivity (Wildman–Crippen MR) is 80.1 cm³/mol. The summed E-state index contributed by atoms with van der Waals surface area (Å²) >= 11 is 5.03. The maximum absolute atomic E-state index is 9.88. The molecule has 1 heterocycles. The monoisotopic (exact) mass is 276 g/mol. The van der Waals surface area contributed by atoms with Gasteiger partial charge < -0.3 is 15.4 Å². The van der Waals surface area contributed by atoms with E-state index in [1.807, 2.05) is 39.0 Å². The highest BCUT2D eigenvalue weighted by molar-refractivity contribution is 7.80. The summed E-state index contributed by atoms with van der Waals surface area (Å²) < 4.78 is 0. The Balaban J connectivity index is 2.35. The molecular weight excluding hydrogens is 260 g/mol. The Kier molecular flexibility index (Phi) is 3.80. The fourth-order valence-electron chi connectivity index (χ4n) is 1.81. The van der Waals surface area contributed by atoms with Gasteiger partial charge in [-0.1, -0.05) is 18.2 Å². The Morgan fingerprint density at radius 3 is 2.84 bits per heavy atom. The van der Waals surface area contributed by atoms with Gasteiger partial charge in [-0.25, -0.2) is 0 Å². The number of para-hydroxylation sites is 1. The van der Waals surface area contributed by atoms with E-state index in [4.69, 9.17) is 12.2 Å². The largest absolute Gasteiger partial charge is 0.493 e. The van der Waals surface area contributed by atoms with Crippen molar-refractivity contribution in [2.24, 2.45) is 10.2 Å². The highest BCUT2D eigenvalue weighted by Crippen LogP contribution is 2.36. The summed E-state index contributed by atoms with van der Waals surface area (Å²) in [5.41, 5.74) is 2.31. The van der Waals surface area contributed by atoms with Crippen molar-refractivity contribution in [2.45, 2.75) is 26.8 Å². The molecule has 19 heavy (non-hydrogen) atoms. The van der Waals surface area contributed by atoms with Gasteiger partial charge in [0.15, 0.2) is 5.69 Å². The molecule has 0 bridgehead atoms. The molecule has 6 heteroatoms. The minimum Gasteiger partial charge on any atom is -0.493 e. The number of aromatic hydroxyl groups is 1. The maximum atomic E-state index is 9.88. The third kappa shape index (κ3) is 2.90. The zero-order valence-electron chi connectivity index (χ0n) is 11.1. The average Bonchev–Trinajstić information content (AvgIpc) is 2.63. The number of nitrogens with one attached hydrogen (secondary N) is 2. The summed E-state index contributed by atoms with van der Waals surface area (Å²) in [7, 11) is 0. The molecule has 0 saturated heterocycles. The SMILES string of the molecule is Cc1cccc2c(N=NC(=S)NC(C)C)c(O)[nH]c12. The quantitative estimate of drug-likeness (QED) is 0.580. The van der Waals surface area contributed by atoms with E-state index in [-0.39, 0.29) is 11.9 Å². The van der Waals surface area contributed by atoms with Gasteiger partial charge in [-0.05, 0) is 38.6 Å². The molecule has 0 spiro atoms. The van der Waals surface area contributed by atoms with Crippen LogP contribution in [0.1, 0.15) is 19.4 Å². The van der Waals surface area contributed by atoms with Crippen LogP contribution in [0.4, 0.5) is 5.69 Å². The van der Waals surface area contributed by atoms with Gasteiger partial charge in [0.25, 0.3) is 0 Å². The second kappa shape index (κ2) is 5.36. The van der Waals surface area contributed by atoms with Crippen LogP contribution in [0.2, 0.25) is 0 Å². The zero-order valence-corrected chi connectivity index (χ0v) is 11.9. The van der Waals surface area contributed by atoms with E-state index >= 15 is 0 Å². The molecule has 0 radical (unpaired) electrons. The standard InChI is InChI=1S/C13H16N4OS/c1-7(2)14-13(19)17-16-11-9-6-4-5-8(3)10(9)15-12(11)18/h4-7,15,18H,1-3H3,(H,14,19). The maximum Gasteiger partial charge on any atom is 0.218 e. The van der Waals surface area contributed by atoms with Gasteiger partial charge in [-0.15, -0.1) is 10.2 Å². The lowest BCUT2D eigenvalue weighted by molar-refractivity contribution is 0.459.